The van der Waals surface area contributed by atoms with Crippen LogP contribution in [-0.2, 0) is 4.79 Å². The van der Waals surface area contributed by atoms with Gasteiger partial charge in [-0.3, -0.25) is 4.79 Å². The van der Waals surface area contributed by atoms with Crippen LogP contribution < -0.4 is 5.32 Å². The number of carbonyl (C=O) groups is 2. The van der Waals surface area contributed by atoms with Gasteiger partial charge in [0, 0.05) is 19.6 Å². The summed E-state index contributed by atoms with van der Waals surface area (Å²) in [5.41, 5.74) is 0.0901. The van der Waals surface area contributed by atoms with E-state index in [1.54, 1.807) is 4.90 Å². The molecule has 1 aliphatic rings. The highest BCUT2D eigenvalue weighted by atomic mass is 16.4. The molecule has 5 heteroatoms. The Morgan fingerprint density at radius 1 is 1.33 bits per heavy atom. The monoisotopic (exact) mass is 298 g/mol. The molecule has 0 aromatic rings. The summed E-state index contributed by atoms with van der Waals surface area (Å²) in [6.45, 7) is 8.15. The molecular weight excluding hydrogens is 268 g/mol. The maximum atomic E-state index is 12.2. The number of piperidine rings is 1. The number of carboxylic acid groups (broad SMARTS) is 1. The zero-order chi connectivity index (χ0) is 15.9. The first-order valence-electron chi connectivity index (χ1n) is 8.11. The van der Waals surface area contributed by atoms with Crippen LogP contribution in [0.5, 0.6) is 0 Å². The van der Waals surface area contributed by atoms with Gasteiger partial charge in [-0.25, -0.2) is 4.79 Å². The number of nitrogens with zero attached hydrogens (tertiary/aromatic N) is 1. The summed E-state index contributed by atoms with van der Waals surface area (Å²) in [6.07, 6.45) is 6.14. The van der Waals surface area contributed by atoms with Gasteiger partial charge in [0.05, 0.1) is 5.92 Å². The summed E-state index contributed by atoms with van der Waals surface area (Å²) < 4.78 is 0. The molecule has 0 aromatic carbocycles. The normalized spacial score (nSPS) is 19.4. The van der Waals surface area contributed by atoms with E-state index < -0.39 is 11.9 Å². The first kappa shape index (κ1) is 17.8. The minimum atomic E-state index is -0.799. The number of hydrogen-bond donors (Lipinski definition) is 2. The first-order valence-corrected chi connectivity index (χ1v) is 8.11. The van der Waals surface area contributed by atoms with Crippen molar-refractivity contribution in [3.05, 3.63) is 0 Å². The Kier molecular flexibility index (Phi) is 6.99. The number of aliphatic carboxylic acids is 1. The van der Waals surface area contributed by atoms with Crippen LogP contribution >= 0.6 is 0 Å². The number of nitrogens with one attached hydrogen (secondary N) is 1. The van der Waals surface area contributed by atoms with Gasteiger partial charge >= 0.3 is 12.0 Å². The largest absolute Gasteiger partial charge is 0.481 e. The second-order valence-electron chi connectivity index (χ2n) is 6.90. The van der Waals surface area contributed by atoms with Crippen LogP contribution in [0.1, 0.15) is 59.3 Å². The van der Waals surface area contributed by atoms with Crippen molar-refractivity contribution in [3.63, 3.8) is 0 Å². The Morgan fingerprint density at radius 3 is 2.67 bits per heavy atom. The Hall–Kier alpha value is -1.26. The highest BCUT2D eigenvalue weighted by molar-refractivity contribution is 5.76. The fraction of sp³-hybridized carbons (Fsp3) is 0.875. The average Bonchev–Trinajstić information content (AvgIpc) is 2.45. The van der Waals surface area contributed by atoms with E-state index >= 15 is 0 Å². The quantitative estimate of drug-likeness (QED) is 0.710. The van der Waals surface area contributed by atoms with Crippen LogP contribution in [0, 0.1) is 11.3 Å². The molecule has 1 fully saturated rings. The van der Waals surface area contributed by atoms with Crippen molar-refractivity contribution in [2.75, 3.05) is 19.6 Å². The van der Waals surface area contributed by atoms with Crippen molar-refractivity contribution < 1.29 is 14.7 Å². The molecule has 0 spiro atoms. The molecule has 1 aliphatic heterocycles. The van der Waals surface area contributed by atoms with Crippen molar-refractivity contribution in [3.8, 4) is 0 Å². The van der Waals surface area contributed by atoms with Crippen LogP contribution in [0.3, 0.4) is 0 Å². The van der Waals surface area contributed by atoms with Crippen molar-refractivity contribution in [2.45, 2.75) is 59.3 Å². The van der Waals surface area contributed by atoms with E-state index in [2.05, 4.69) is 26.1 Å². The Labute approximate surface area is 128 Å². The molecule has 1 rings (SSSR count). The summed E-state index contributed by atoms with van der Waals surface area (Å²) >= 11 is 0. The predicted molar refractivity (Wildman–Crippen MR) is 83.3 cm³/mol. The van der Waals surface area contributed by atoms with Gasteiger partial charge in [0.25, 0.3) is 0 Å². The molecule has 5 nitrogen and oxygen atoms in total. The van der Waals surface area contributed by atoms with Gasteiger partial charge in [-0.2, -0.15) is 0 Å². The van der Waals surface area contributed by atoms with Gasteiger partial charge in [-0.05, 0) is 24.7 Å². The first-order chi connectivity index (χ1) is 9.85. The van der Waals surface area contributed by atoms with Crippen LogP contribution in [0.2, 0.25) is 0 Å². The van der Waals surface area contributed by atoms with Crippen LogP contribution in [0.25, 0.3) is 0 Å². The number of amides is 2. The molecule has 0 radical (unpaired) electrons. The topological polar surface area (TPSA) is 69.6 Å². The molecule has 0 bridgehead atoms. The third kappa shape index (κ3) is 6.36. The Balaban J connectivity index is 2.37. The van der Waals surface area contributed by atoms with Crippen molar-refractivity contribution in [2.24, 2.45) is 11.3 Å². The number of urea groups is 1. The zero-order valence-electron chi connectivity index (χ0n) is 13.7. The van der Waals surface area contributed by atoms with Gasteiger partial charge in [-0.15, -0.1) is 0 Å². The van der Waals surface area contributed by atoms with Crippen LogP contribution in [0.4, 0.5) is 4.79 Å². The summed E-state index contributed by atoms with van der Waals surface area (Å²) in [4.78, 5) is 24.8. The number of likely N-dealkylation sites (tertiary alicyclic amines) is 1. The molecule has 21 heavy (non-hydrogen) atoms. The van der Waals surface area contributed by atoms with Crippen molar-refractivity contribution in [1.82, 2.24) is 10.2 Å². The third-order valence-corrected chi connectivity index (χ3v) is 4.23. The van der Waals surface area contributed by atoms with E-state index in [0.717, 1.165) is 12.8 Å². The summed E-state index contributed by atoms with van der Waals surface area (Å²) in [5, 5.41) is 12.0. The summed E-state index contributed by atoms with van der Waals surface area (Å²) in [7, 11) is 0. The van der Waals surface area contributed by atoms with E-state index in [1.165, 1.54) is 19.3 Å². The molecule has 1 unspecified atom stereocenters. The molecular formula is C16H30N2O3. The number of unbranched alkanes of at least 4 members (excludes halogenated alkanes) is 2. The summed E-state index contributed by atoms with van der Waals surface area (Å²) in [6, 6.07) is -0.121. The van der Waals surface area contributed by atoms with Gasteiger partial charge in [0.2, 0.25) is 0 Å². The fourth-order valence-electron chi connectivity index (χ4n) is 2.73. The highest BCUT2D eigenvalue weighted by Gasteiger charge is 2.28. The smallest absolute Gasteiger partial charge is 0.317 e. The van der Waals surface area contributed by atoms with E-state index in [9.17, 15) is 9.59 Å². The lowest BCUT2D eigenvalue weighted by Gasteiger charge is -2.32. The molecule has 2 N–H and O–H groups in total. The van der Waals surface area contributed by atoms with Gasteiger partial charge in [-0.1, -0.05) is 40.0 Å². The van der Waals surface area contributed by atoms with Gasteiger partial charge < -0.3 is 15.3 Å². The minimum absolute atomic E-state index is 0.0901. The molecule has 0 aromatic heterocycles. The van der Waals surface area contributed by atoms with Gasteiger partial charge in [0.1, 0.15) is 0 Å². The van der Waals surface area contributed by atoms with Crippen molar-refractivity contribution in [1.29, 1.82) is 0 Å². The second-order valence-corrected chi connectivity index (χ2v) is 6.90. The van der Waals surface area contributed by atoms with E-state index in [0.29, 0.717) is 26.1 Å². The Bertz CT molecular complexity index is 355. The average molecular weight is 298 g/mol. The zero-order valence-corrected chi connectivity index (χ0v) is 13.7. The maximum absolute atomic E-state index is 12.2. The molecule has 1 saturated heterocycles. The molecule has 2 amide bonds. The molecule has 1 atom stereocenters. The van der Waals surface area contributed by atoms with E-state index in [-0.39, 0.29) is 11.4 Å². The SMILES string of the molecule is CCCCCC(C)(C)CNC(=O)N1CCCC(C(=O)O)C1. The van der Waals surface area contributed by atoms with Crippen LogP contribution in [-0.4, -0.2) is 41.6 Å². The van der Waals surface area contributed by atoms with E-state index in [4.69, 9.17) is 5.11 Å². The van der Waals surface area contributed by atoms with Crippen LogP contribution in [0.15, 0.2) is 0 Å². The maximum Gasteiger partial charge on any atom is 0.317 e. The number of carboxylic acids is 1. The second kappa shape index (κ2) is 8.25. The van der Waals surface area contributed by atoms with Gasteiger partial charge in [0.15, 0.2) is 0 Å². The predicted octanol–water partition coefficient (Wildman–Crippen LogP) is 3.10. The number of rotatable bonds is 7. The standard InChI is InChI=1S/C16H30N2O3/c1-4-5-6-9-16(2,3)12-17-15(21)18-10-7-8-13(11-18)14(19)20/h13H,4-12H2,1-3H3,(H,17,21)(H,19,20). The fourth-order valence-corrected chi connectivity index (χ4v) is 2.73. The minimum Gasteiger partial charge on any atom is -0.481 e. The lowest BCUT2D eigenvalue weighted by molar-refractivity contribution is -0.143. The molecule has 1 heterocycles. The summed E-state index contributed by atoms with van der Waals surface area (Å²) in [5.74, 6) is -1.21. The number of hydrogen-bond acceptors (Lipinski definition) is 2. The lowest BCUT2D eigenvalue weighted by atomic mass is 9.87. The third-order valence-electron chi connectivity index (χ3n) is 4.23. The Morgan fingerprint density at radius 2 is 2.05 bits per heavy atom. The van der Waals surface area contributed by atoms with E-state index in [1.807, 2.05) is 0 Å². The number of carbonyl (C=O) groups excluding carboxylic acids is 1. The molecule has 122 valence electrons. The molecule has 0 aliphatic carbocycles. The lowest BCUT2D eigenvalue weighted by Crippen LogP contribution is -2.48. The highest BCUT2D eigenvalue weighted by Crippen LogP contribution is 2.23. The molecule has 0 saturated carbocycles. The van der Waals surface area contributed by atoms with Crippen molar-refractivity contribution >= 4 is 12.0 Å².